The second-order valence-electron chi connectivity index (χ2n) is 4.04. The van der Waals surface area contributed by atoms with Crippen LogP contribution < -0.4 is 5.73 Å². The summed E-state index contributed by atoms with van der Waals surface area (Å²) >= 11 is 0. The molecule has 0 bridgehead atoms. The van der Waals surface area contributed by atoms with Crippen molar-refractivity contribution >= 4 is 0 Å². The highest BCUT2D eigenvalue weighted by molar-refractivity contribution is 5.10. The molecule has 2 N–H and O–H groups in total. The SMILES string of the molecule is CC(C)n1nccc1[C@H]1OCC[C@@H]1N. The van der Waals surface area contributed by atoms with E-state index in [1.54, 1.807) is 0 Å². The van der Waals surface area contributed by atoms with Crippen molar-refractivity contribution in [2.24, 2.45) is 5.73 Å². The summed E-state index contributed by atoms with van der Waals surface area (Å²) in [5, 5.41) is 4.28. The number of nitrogens with zero attached hydrogens (tertiary/aromatic N) is 2. The largest absolute Gasteiger partial charge is 0.370 e. The fourth-order valence-electron chi connectivity index (χ4n) is 1.89. The van der Waals surface area contributed by atoms with Gasteiger partial charge in [0.2, 0.25) is 0 Å². The molecule has 0 unspecified atom stereocenters. The normalized spacial score (nSPS) is 27.4. The molecule has 0 spiro atoms. The van der Waals surface area contributed by atoms with Gasteiger partial charge in [0.25, 0.3) is 0 Å². The zero-order chi connectivity index (χ0) is 10.1. The highest BCUT2D eigenvalue weighted by atomic mass is 16.5. The van der Waals surface area contributed by atoms with Gasteiger partial charge in [-0.1, -0.05) is 0 Å². The van der Waals surface area contributed by atoms with Gasteiger partial charge in [-0.25, -0.2) is 0 Å². The van der Waals surface area contributed by atoms with E-state index >= 15 is 0 Å². The molecular formula is C10H17N3O. The maximum atomic E-state index is 5.97. The first-order valence-corrected chi connectivity index (χ1v) is 5.10. The molecule has 1 aliphatic heterocycles. The minimum atomic E-state index is 0.0277. The Kier molecular flexibility index (Phi) is 2.56. The van der Waals surface area contributed by atoms with Gasteiger partial charge in [0.05, 0.1) is 5.69 Å². The number of hydrogen-bond acceptors (Lipinski definition) is 3. The second-order valence-corrected chi connectivity index (χ2v) is 4.04. The van der Waals surface area contributed by atoms with Crippen LogP contribution in [0.1, 0.15) is 38.1 Å². The van der Waals surface area contributed by atoms with Crippen LogP contribution >= 0.6 is 0 Å². The predicted molar refractivity (Wildman–Crippen MR) is 53.9 cm³/mol. The molecule has 78 valence electrons. The van der Waals surface area contributed by atoms with Crippen LogP contribution in [0.3, 0.4) is 0 Å². The molecule has 4 heteroatoms. The molecule has 0 saturated carbocycles. The Labute approximate surface area is 84.0 Å². The zero-order valence-electron chi connectivity index (χ0n) is 8.68. The van der Waals surface area contributed by atoms with Gasteiger partial charge in [-0.2, -0.15) is 5.10 Å². The molecule has 2 atom stereocenters. The molecule has 1 aliphatic rings. The standard InChI is InChI=1S/C10H17N3O/c1-7(2)13-9(3-5-12-13)10-8(11)4-6-14-10/h3,5,7-8,10H,4,6,11H2,1-2H3/t8-,10-/m0/s1. The zero-order valence-corrected chi connectivity index (χ0v) is 8.68. The van der Waals surface area contributed by atoms with Gasteiger partial charge in [0.1, 0.15) is 6.10 Å². The van der Waals surface area contributed by atoms with Gasteiger partial charge in [0, 0.05) is 24.9 Å². The molecule has 1 aromatic rings. The summed E-state index contributed by atoms with van der Waals surface area (Å²) in [6.07, 6.45) is 2.78. The van der Waals surface area contributed by atoms with Crippen molar-refractivity contribution in [1.29, 1.82) is 0 Å². The molecule has 0 radical (unpaired) electrons. The molecule has 1 saturated heterocycles. The van der Waals surface area contributed by atoms with Gasteiger partial charge < -0.3 is 10.5 Å². The summed E-state index contributed by atoms with van der Waals surface area (Å²) in [5.74, 6) is 0. The van der Waals surface area contributed by atoms with Crippen molar-refractivity contribution < 1.29 is 4.74 Å². The minimum absolute atomic E-state index is 0.0277. The summed E-state index contributed by atoms with van der Waals surface area (Å²) in [6.45, 7) is 4.98. The lowest BCUT2D eigenvalue weighted by atomic mass is 10.1. The highest BCUT2D eigenvalue weighted by Gasteiger charge is 2.29. The summed E-state index contributed by atoms with van der Waals surface area (Å²) in [6, 6.07) is 2.47. The maximum absolute atomic E-state index is 5.97. The highest BCUT2D eigenvalue weighted by Crippen LogP contribution is 2.28. The Morgan fingerprint density at radius 1 is 1.64 bits per heavy atom. The molecule has 0 amide bonds. The van der Waals surface area contributed by atoms with Crippen LogP contribution in [0, 0.1) is 0 Å². The van der Waals surface area contributed by atoms with Crippen LogP contribution in [0.2, 0.25) is 0 Å². The second kappa shape index (κ2) is 3.71. The molecule has 2 heterocycles. The Morgan fingerprint density at radius 3 is 3.00 bits per heavy atom. The number of rotatable bonds is 2. The quantitative estimate of drug-likeness (QED) is 0.772. The van der Waals surface area contributed by atoms with E-state index in [0.717, 1.165) is 18.7 Å². The lowest BCUT2D eigenvalue weighted by Gasteiger charge is -2.18. The molecule has 2 rings (SSSR count). The summed E-state index contributed by atoms with van der Waals surface area (Å²) in [7, 11) is 0. The predicted octanol–water partition coefficient (Wildman–Crippen LogP) is 1.25. The Bertz CT molecular complexity index is 308. The van der Waals surface area contributed by atoms with Crippen LogP contribution in [0.4, 0.5) is 0 Å². The molecule has 4 nitrogen and oxygen atoms in total. The van der Waals surface area contributed by atoms with Crippen LogP contribution in [-0.4, -0.2) is 22.4 Å². The number of hydrogen-bond donors (Lipinski definition) is 1. The topological polar surface area (TPSA) is 53.1 Å². The van der Waals surface area contributed by atoms with Crippen molar-refractivity contribution in [1.82, 2.24) is 9.78 Å². The molecular weight excluding hydrogens is 178 g/mol. The van der Waals surface area contributed by atoms with Crippen molar-refractivity contribution in [3.63, 3.8) is 0 Å². The van der Waals surface area contributed by atoms with Crippen LogP contribution in [0.15, 0.2) is 12.3 Å². The Hall–Kier alpha value is -0.870. The molecule has 1 aromatic heterocycles. The lowest BCUT2D eigenvalue weighted by molar-refractivity contribution is 0.0963. The smallest absolute Gasteiger partial charge is 0.114 e. The average molecular weight is 195 g/mol. The monoisotopic (exact) mass is 195 g/mol. The first-order valence-electron chi connectivity index (χ1n) is 5.10. The van der Waals surface area contributed by atoms with Crippen molar-refractivity contribution in [2.75, 3.05) is 6.61 Å². The van der Waals surface area contributed by atoms with E-state index in [1.807, 2.05) is 16.9 Å². The fourth-order valence-corrected chi connectivity index (χ4v) is 1.89. The van der Waals surface area contributed by atoms with Gasteiger partial charge in [-0.05, 0) is 26.3 Å². The molecule has 0 aromatic carbocycles. The summed E-state index contributed by atoms with van der Waals surface area (Å²) < 4.78 is 7.60. The molecule has 1 fully saturated rings. The van der Waals surface area contributed by atoms with E-state index in [-0.39, 0.29) is 12.1 Å². The third-order valence-corrected chi connectivity index (χ3v) is 2.62. The van der Waals surface area contributed by atoms with E-state index in [1.165, 1.54) is 0 Å². The number of aromatic nitrogens is 2. The van der Waals surface area contributed by atoms with Crippen LogP contribution in [0.25, 0.3) is 0 Å². The van der Waals surface area contributed by atoms with Crippen LogP contribution in [-0.2, 0) is 4.74 Å². The van der Waals surface area contributed by atoms with Crippen LogP contribution in [0.5, 0.6) is 0 Å². The minimum Gasteiger partial charge on any atom is -0.370 e. The Balaban J connectivity index is 2.26. The first kappa shape index (κ1) is 9.68. The lowest BCUT2D eigenvalue weighted by Crippen LogP contribution is -2.26. The van der Waals surface area contributed by atoms with Gasteiger partial charge in [-0.3, -0.25) is 4.68 Å². The number of ether oxygens (including phenoxy) is 1. The van der Waals surface area contributed by atoms with Crippen molar-refractivity contribution in [2.45, 2.75) is 38.5 Å². The first-order chi connectivity index (χ1) is 6.70. The van der Waals surface area contributed by atoms with E-state index in [0.29, 0.717) is 6.04 Å². The van der Waals surface area contributed by atoms with Gasteiger partial charge >= 0.3 is 0 Å². The van der Waals surface area contributed by atoms with E-state index in [2.05, 4.69) is 18.9 Å². The van der Waals surface area contributed by atoms with Crippen molar-refractivity contribution in [3.05, 3.63) is 18.0 Å². The maximum Gasteiger partial charge on any atom is 0.114 e. The third-order valence-electron chi connectivity index (χ3n) is 2.62. The molecule has 14 heavy (non-hydrogen) atoms. The molecule has 0 aliphatic carbocycles. The van der Waals surface area contributed by atoms with Gasteiger partial charge in [-0.15, -0.1) is 0 Å². The van der Waals surface area contributed by atoms with Crippen molar-refractivity contribution in [3.8, 4) is 0 Å². The fraction of sp³-hybridized carbons (Fsp3) is 0.700. The van der Waals surface area contributed by atoms with E-state index in [9.17, 15) is 0 Å². The van der Waals surface area contributed by atoms with E-state index < -0.39 is 0 Å². The summed E-state index contributed by atoms with van der Waals surface area (Å²) in [4.78, 5) is 0. The third kappa shape index (κ3) is 1.55. The number of nitrogens with two attached hydrogens (primary N) is 1. The van der Waals surface area contributed by atoms with Gasteiger partial charge in [0.15, 0.2) is 0 Å². The average Bonchev–Trinajstić information content (AvgIpc) is 2.70. The van der Waals surface area contributed by atoms with E-state index in [4.69, 9.17) is 10.5 Å². The summed E-state index contributed by atoms with van der Waals surface area (Å²) in [5.41, 5.74) is 7.07. The Morgan fingerprint density at radius 2 is 2.43 bits per heavy atom.